The first-order valence-corrected chi connectivity index (χ1v) is 7.14. The zero-order valence-corrected chi connectivity index (χ0v) is 11.7. The van der Waals surface area contributed by atoms with Crippen molar-refractivity contribution >= 4 is 17.4 Å². The molecular weight excluding hydrogens is 250 g/mol. The Morgan fingerprint density at radius 2 is 2.33 bits per heavy atom. The number of carbonyl (C=O) groups excluding carboxylic acids is 1. The van der Waals surface area contributed by atoms with Crippen LogP contribution in [0.2, 0.25) is 0 Å². The van der Waals surface area contributed by atoms with Crippen LogP contribution in [0.3, 0.4) is 0 Å². The van der Waals surface area contributed by atoms with E-state index in [-0.39, 0.29) is 18.5 Å². The second-order valence-corrected chi connectivity index (χ2v) is 5.04. The molecule has 0 aliphatic rings. The second kappa shape index (κ2) is 8.05. The number of carbonyl (C=O) groups is 1. The Morgan fingerprint density at radius 1 is 1.56 bits per heavy atom. The van der Waals surface area contributed by atoms with Crippen molar-refractivity contribution in [3.63, 3.8) is 0 Å². The van der Waals surface area contributed by atoms with E-state index in [2.05, 4.69) is 15.6 Å². The Hall–Kier alpha value is -1.14. The van der Waals surface area contributed by atoms with Crippen LogP contribution >= 0.6 is 11.3 Å². The summed E-state index contributed by atoms with van der Waals surface area (Å²) in [6, 6.07) is -0.243. The number of aliphatic hydroxyl groups is 1. The predicted octanol–water partition coefficient (Wildman–Crippen LogP) is 1.39. The lowest BCUT2D eigenvalue weighted by molar-refractivity contribution is 0.114. The maximum absolute atomic E-state index is 11.4. The van der Waals surface area contributed by atoms with Gasteiger partial charge in [-0.05, 0) is 5.92 Å². The van der Waals surface area contributed by atoms with Crippen LogP contribution < -0.4 is 10.6 Å². The molecule has 0 saturated carbocycles. The van der Waals surface area contributed by atoms with Crippen LogP contribution in [-0.2, 0) is 6.42 Å². The highest BCUT2D eigenvalue weighted by Gasteiger charge is 2.12. The fourth-order valence-corrected chi connectivity index (χ4v) is 1.99. The molecular formula is C12H21N3O2S. The van der Waals surface area contributed by atoms with Crippen molar-refractivity contribution in [2.45, 2.75) is 32.8 Å². The molecule has 1 rings (SSSR count). The van der Waals surface area contributed by atoms with Crippen LogP contribution in [0.4, 0.5) is 4.79 Å². The minimum atomic E-state index is -0.487. The third-order valence-corrected chi connectivity index (χ3v) is 3.56. The zero-order chi connectivity index (χ0) is 13.4. The van der Waals surface area contributed by atoms with Crippen molar-refractivity contribution in [3.8, 4) is 0 Å². The number of hydrogen-bond acceptors (Lipinski definition) is 4. The average molecular weight is 271 g/mol. The van der Waals surface area contributed by atoms with Crippen LogP contribution in [0.5, 0.6) is 0 Å². The molecule has 0 aliphatic heterocycles. The fraction of sp³-hybridized carbons (Fsp3) is 0.667. The number of amides is 2. The van der Waals surface area contributed by atoms with Crippen molar-refractivity contribution in [1.82, 2.24) is 15.6 Å². The van der Waals surface area contributed by atoms with Crippen molar-refractivity contribution in [2.24, 2.45) is 5.92 Å². The molecule has 0 aromatic carbocycles. The molecule has 6 heteroatoms. The highest BCUT2D eigenvalue weighted by Crippen LogP contribution is 2.05. The molecule has 3 N–H and O–H groups in total. The van der Waals surface area contributed by atoms with Crippen LogP contribution in [-0.4, -0.2) is 35.3 Å². The number of aliphatic hydroxyl groups excluding tert-OH is 1. The molecule has 5 nitrogen and oxygen atoms in total. The van der Waals surface area contributed by atoms with E-state index < -0.39 is 6.10 Å². The van der Waals surface area contributed by atoms with E-state index in [1.54, 1.807) is 16.8 Å². The van der Waals surface area contributed by atoms with Gasteiger partial charge in [0.25, 0.3) is 0 Å². The van der Waals surface area contributed by atoms with Gasteiger partial charge in [0.05, 0.1) is 17.3 Å². The topological polar surface area (TPSA) is 74.2 Å². The Balaban J connectivity index is 2.10. The van der Waals surface area contributed by atoms with Crippen LogP contribution in [0.15, 0.2) is 10.9 Å². The summed E-state index contributed by atoms with van der Waals surface area (Å²) in [7, 11) is 0. The van der Waals surface area contributed by atoms with Gasteiger partial charge in [-0.25, -0.2) is 9.78 Å². The van der Waals surface area contributed by atoms with Gasteiger partial charge in [0.2, 0.25) is 0 Å². The Morgan fingerprint density at radius 3 is 2.94 bits per heavy atom. The summed E-state index contributed by atoms with van der Waals surface area (Å²) in [5, 5.41) is 17.1. The third-order valence-electron chi connectivity index (χ3n) is 2.92. The van der Waals surface area contributed by atoms with Crippen molar-refractivity contribution in [3.05, 3.63) is 16.6 Å². The lowest BCUT2D eigenvalue weighted by Crippen LogP contribution is -2.42. The van der Waals surface area contributed by atoms with Crippen molar-refractivity contribution < 1.29 is 9.90 Å². The quantitative estimate of drug-likeness (QED) is 0.701. The number of urea groups is 1. The van der Waals surface area contributed by atoms with Gasteiger partial charge in [0.1, 0.15) is 0 Å². The minimum Gasteiger partial charge on any atom is -0.391 e. The molecule has 0 radical (unpaired) electrons. The third kappa shape index (κ3) is 5.46. The van der Waals surface area contributed by atoms with Gasteiger partial charge in [0, 0.05) is 24.9 Å². The first-order chi connectivity index (χ1) is 8.63. The number of aromatic nitrogens is 1. The number of nitrogens with zero attached hydrogens (tertiary/aromatic N) is 1. The van der Waals surface area contributed by atoms with E-state index in [9.17, 15) is 9.90 Å². The molecule has 0 fully saturated rings. The van der Waals surface area contributed by atoms with E-state index in [1.165, 1.54) is 0 Å². The minimum absolute atomic E-state index is 0.195. The molecule has 1 heterocycles. The second-order valence-electron chi connectivity index (χ2n) is 4.32. The smallest absolute Gasteiger partial charge is 0.314 e. The van der Waals surface area contributed by atoms with Gasteiger partial charge in [0.15, 0.2) is 0 Å². The summed E-state index contributed by atoms with van der Waals surface area (Å²) in [6.07, 6.45) is 1.14. The van der Waals surface area contributed by atoms with E-state index in [4.69, 9.17) is 0 Å². The normalized spacial score (nSPS) is 13.9. The highest BCUT2D eigenvalue weighted by molar-refractivity contribution is 7.07. The molecule has 2 atom stereocenters. The van der Waals surface area contributed by atoms with Crippen molar-refractivity contribution in [2.75, 3.05) is 13.1 Å². The van der Waals surface area contributed by atoms with Crippen LogP contribution in [0.25, 0.3) is 0 Å². The standard InChI is InChI=1S/C12H21N3O2S/c1-3-9(2)11(16)6-14-12(17)13-5-4-10-7-18-8-15-10/h7-9,11,16H,3-6H2,1-2H3,(H2,13,14,17). The number of rotatable bonds is 7. The van der Waals surface area contributed by atoms with Gasteiger partial charge in [-0.2, -0.15) is 0 Å². The lowest BCUT2D eigenvalue weighted by atomic mass is 10.0. The highest BCUT2D eigenvalue weighted by atomic mass is 32.1. The summed E-state index contributed by atoms with van der Waals surface area (Å²) in [5.74, 6) is 0.195. The molecule has 0 saturated heterocycles. The molecule has 1 aromatic rings. The predicted molar refractivity (Wildman–Crippen MR) is 72.7 cm³/mol. The SMILES string of the molecule is CCC(C)C(O)CNC(=O)NCCc1cscn1. The zero-order valence-electron chi connectivity index (χ0n) is 10.8. The van der Waals surface area contributed by atoms with Crippen LogP contribution in [0, 0.1) is 5.92 Å². The maximum atomic E-state index is 11.4. The molecule has 0 aliphatic carbocycles. The number of thiazole rings is 1. The fourth-order valence-electron chi connectivity index (χ4n) is 1.40. The van der Waals surface area contributed by atoms with E-state index in [1.807, 2.05) is 19.2 Å². The summed E-state index contributed by atoms with van der Waals surface area (Å²) >= 11 is 1.55. The Bertz CT molecular complexity index is 343. The van der Waals surface area contributed by atoms with Crippen molar-refractivity contribution in [1.29, 1.82) is 0 Å². The maximum Gasteiger partial charge on any atom is 0.314 e. The Kier molecular flexibility index (Phi) is 6.67. The number of nitrogens with one attached hydrogen (secondary N) is 2. The monoisotopic (exact) mass is 271 g/mol. The van der Waals surface area contributed by atoms with Gasteiger partial charge in [-0.3, -0.25) is 0 Å². The van der Waals surface area contributed by atoms with Gasteiger partial charge in [-0.15, -0.1) is 11.3 Å². The van der Waals surface area contributed by atoms with Gasteiger partial charge >= 0.3 is 6.03 Å². The van der Waals surface area contributed by atoms with E-state index in [0.29, 0.717) is 6.54 Å². The number of hydrogen-bond donors (Lipinski definition) is 3. The van der Waals surface area contributed by atoms with Gasteiger partial charge in [-0.1, -0.05) is 20.3 Å². The molecule has 18 heavy (non-hydrogen) atoms. The summed E-state index contributed by atoms with van der Waals surface area (Å²) < 4.78 is 0. The largest absolute Gasteiger partial charge is 0.391 e. The van der Waals surface area contributed by atoms with Gasteiger partial charge < -0.3 is 15.7 Å². The summed E-state index contributed by atoms with van der Waals surface area (Å²) in [5.41, 5.74) is 2.76. The molecule has 0 bridgehead atoms. The average Bonchev–Trinajstić information content (AvgIpc) is 2.88. The molecule has 2 unspecified atom stereocenters. The summed E-state index contributed by atoms with van der Waals surface area (Å²) in [4.78, 5) is 15.6. The van der Waals surface area contributed by atoms with Crippen LogP contribution in [0.1, 0.15) is 26.0 Å². The molecule has 2 amide bonds. The molecule has 0 spiro atoms. The summed E-state index contributed by atoms with van der Waals surface area (Å²) in [6.45, 7) is 4.82. The lowest BCUT2D eigenvalue weighted by Gasteiger charge is -2.17. The van der Waals surface area contributed by atoms with E-state index >= 15 is 0 Å². The van der Waals surface area contributed by atoms with E-state index in [0.717, 1.165) is 18.5 Å². The first kappa shape index (κ1) is 14.9. The Labute approximate surface area is 112 Å². The molecule has 102 valence electrons. The first-order valence-electron chi connectivity index (χ1n) is 6.20. The molecule has 1 aromatic heterocycles.